The zero-order valence-corrected chi connectivity index (χ0v) is 17.3. The number of methoxy groups -OCH3 is 1. The second-order valence-electron chi connectivity index (χ2n) is 8.14. The summed E-state index contributed by atoms with van der Waals surface area (Å²) in [5.41, 5.74) is 1.06. The van der Waals surface area contributed by atoms with Crippen molar-refractivity contribution >= 4 is 5.96 Å². The smallest absolute Gasteiger partial charge is 0.191 e. The summed E-state index contributed by atoms with van der Waals surface area (Å²) >= 11 is 0. The van der Waals surface area contributed by atoms with E-state index in [0.29, 0.717) is 18.2 Å². The fourth-order valence-corrected chi connectivity index (χ4v) is 3.58. The Hall–Kier alpha value is -1.95. The van der Waals surface area contributed by atoms with Crippen molar-refractivity contribution in [3.05, 3.63) is 23.8 Å². The molecule has 0 amide bonds. The number of benzene rings is 1. The van der Waals surface area contributed by atoms with Crippen LogP contribution in [0.3, 0.4) is 0 Å². The van der Waals surface area contributed by atoms with E-state index in [4.69, 9.17) is 9.47 Å². The molecule has 0 radical (unpaired) electrons. The summed E-state index contributed by atoms with van der Waals surface area (Å²) in [4.78, 5) is 4.65. The average molecular weight is 378 g/mol. The van der Waals surface area contributed by atoms with Crippen molar-refractivity contribution in [2.24, 2.45) is 16.3 Å². The van der Waals surface area contributed by atoms with Gasteiger partial charge in [-0.15, -0.1) is 0 Å². The highest BCUT2D eigenvalue weighted by Crippen LogP contribution is 2.33. The van der Waals surface area contributed by atoms with Crippen LogP contribution in [0.15, 0.2) is 23.2 Å². The van der Waals surface area contributed by atoms with Crippen LogP contribution in [0, 0.1) is 11.3 Å². The van der Waals surface area contributed by atoms with Gasteiger partial charge in [0.2, 0.25) is 0 Å². The maximum Gasteiger partial charge on any atom is 0.191 e. The van der Waals surface area contributed by atoms with Crippen LogP contribution in [0.4, 0.5) is 0 Å². The van der Waals surface area contributed by atoms with Gasteiger partial charge in [-0.1, -0.05) is 26.8 Å². The lowest BCUT2D eigenvalue weighted by Crippen LogP contribution is -2.47. The summed E-state index contributed by atoms with van der Waals surface area (Å²) in [5, 5.41) is 16.7. The van der Waals surface area contributed by atoms with Crippen LogP contribution < -0.4 is 15.4 Å². The van der Waals surface area contributed by atoms with E-state index < -0.39 is 0 Å². The number of aliphatic imine (C=N–C) groups is 1. The van der Waals surface area contributed by atoms with Gasteiger partial charge in [0.1, 0.15) is 0 Å². The lowest BCUT2D eigenvalue weighted by Gasteiger charge is -2.40. The molecule has 0 aromatic heterocycles. The highest BCUT2D eigenvalue weighted by atomic mass is 16.5. The Morgan fingerprint density at radius 1 is 1.33 bits per heavy atom. The molecule has 1 fully saturated rings. The molecule has 1 aliphatic rings. The van der Waals surface area contributed by atoms with Gasteiger partial charge in [0.05, 0.1) is 19.8 Å². The molecule has 27 heavy (non-hydrogen) atoms. The van der Waals surface area contributed by atoms with Crippen molar-refractivity contribution in [3.8, 4) is 11.5 Å². The molecule has 3 N–H and O–H groups in total. The van der Waals surface area contributed by atoms with Crippen molar-refractivity contribution in [2.75, 3.05) is 26.8 Å². The molecule has 2 rings (SSSR count). The summed E-state index contributed by atoms with van der Waals surface area (Å²) < 4.78 is 11.2. The fraction of sp³-hybridized carbons (Fsp3) is 0.667. The van der Waals surface area contributed by atoms with Crippen LogP contribution in [-0.2, 0) is 11.3 Å². The Bertz CT molecular complexity index is 626. The predicted octanol–water partition coefficient (Wildman–Crippen LogP) is 3.30. The summed E-state index contributed by atoms with van der Waals surface area (Å²) in [6, 6.07) is 5.36. The van der Waals surface area contributed by atoms with Crippen molar-refractivity contribution in [2.45, 2.75) is 53.2 Å². The third kappa shape index (κ3) is 6.31. The van der Waals surface area contributed by atoms with E-state index in [0.717, 1.165) is 37.6 Å². The van der Waals surface area contributed by atoms with Crippen molar-refractivity contribution in [1.29, 1.82) is 0 Å². The number of nitrogens with zero attached hydrogens (tertiary/aromatic N) is 1. The third-order valence-electron chi connectivity index (χ3n) is 4.84. The highest BCUT2D eigenvalue weighted by molar-refractivity contribution is 5.79. The second kappa shape index (κ2) is 9.83. The van der Waals surface area contributed by atoms with Gasteiger partial charge in [-0.2, -0.15) is 0 Å². The molecule has 6 heteroatoms. The van der Waals surface area contributed by atoms with Crippen LogP contribution in [-0.4, -0.2) is 44.0 Å². The lowest BCUT2D eigenvalue weighted by atomic mass is 9.78. The minimum atomic E-state index is 0.128. The van der Waals surface area contributed by atoms with Gasteiger partial charge in [-0.05, 0) is 42.9 Å². The number of hydrogen-bond donors (Lipinski definition) is 3. The van der Waals surface area contributed by atoms with Gasteiger partial charge in [0, 0.05) is 25.6 Å². The van der Waals surface area contributed by atoms with Crippen LogP contribution in [0.2, 0.25) is 0 Å². The summed E-state index contributed by atoms with van der Waals surface area (Å²) in [5.74, 6) is 1.85. The molecule has 1 aromatic carbocycles. The van der Waals surface area contributed by atoms with Crippen LogP contribution in [0.5, 0.6) is 11.5 Å². The zero-order valence-electron chi connectivity index (χ0n) is 17.3. The number of nitrogens with one attached hydrogen (secondary N) is 2. The SMILES string of the molecule is CCNC(=NCc1ccc(OC)c(O)c1)NCC1CCCOC1C(C)(C)C. The highest BCUT2D eigenvalue weighted by Gasteiger charge is 2.35. The number of rotatable bonds is 6. The maximum absolute atomic E-state index is 9.92. The van der Waals surface area contributed by atoms with Gasteiger partial charge in [-0.25, -0.2) is 4.99 Å². The minimum Gasteiger partial charge on any atom is -0.504 e. The summed E-state index contributed by atoms with van der Waals surface area (Å²) in [6.45, 7) is 11.7. The first-order valence-electron chi connectivity index (χ1n) is 9.84. The molecule has 1 saturated heterocycles. The molecule has 0 bridgehead atoms. The number of phenols is 1. The van der Waals surface area contributed by atoms with Gasteiger partial charge < -0.3 is 25.2 Å². The monoisotopic (exact) mass is 377 g/mol. The molecule has 1 aromatic rings. The molecular formula is C21H35N3O3. The predicted molar refractivity (Wildman–Crippen MR) is 109 cm³/mol. The van der Waals surface area contributed by atoms with E-state index in [1.165, 1.54) is 6.42 Å². The molecule has 2 unspecified atom stereocenters. The Morgan fingerprint density at radius 3 is 2.74 bits per heavy atom. The quantitative estimate of drug-likeness (QED) is 0.524. The second-order valence-corrected chi connectivity index (χ2v) is 8.14. The first kappa shape index (κ1) is 21.4. The topological polar surface area (TPSA) is 75.1 Å². The standard InChI is InChI=1S/C21H35N3O3/c1-6-22-20(23-13-15-9-10-18(26-5)17(25)12-15)24-14-16-8-7-11-27-19(16)21(2,3)4/h9-10,12,16,19,25H,6-8,11,13-14H2,1-5H3,(H2,22,23,24). The van der Waals surface area contributed by atoms with E-state index in [1.807, 2.05) is 6.07 Å². The first-order chi connectivity index (χ1) is 12.8. The molecule has 0 spiro atoms. The van der Waals surface area contributed by atoms with E-state index in [-0.39, 0.29) is 17.3 Å². The summed E-state index contributed by atoms with van der Waals surface area (Å²) in [7, 11) is 1.54. The van der Waals surface area contributed by atoms with Gasteiger partial charge in [0.15, 0.2) is 17.5 Å². The molecule has 6 nitrogen and oxygen atoms in total. The van der Waals surface area contributed by atoms with Crippen molar-refractivity contribution < 1.29 is 14.6 Å². The Morgan fingerprint density at radius 2 is 2.11 bits per heavy atom. The Kier molecular flexibility index (Phi) is 7.78. The largest absolute Gasteiger partial charge is 0.504 e. The van der Waals surface area contributed by atoms with Crippen LogP contribution >= 0.6 is 0 Å². The van der Waals surface area contributed by atoms with Crippen LogP contribution in [0.1, 0.15) is 46.1 Å². The average Bonchev–Trinajstić information content (AvgIpc) is 2.63. The molecule has 1 heterocycles. The third-order valence-corrected chi connectivity index (χ3v) is 4.84. The zero-order chi connectivity index (χ0) is 19.9. The van der Waals surface area contributed by atoms with E-state index in [1.54, 1.807) is 19.2 Å². The number of aromatic hydroxyl groups is 1. The van der Waals surface area contributed by atoms with E-state index >= 15 is 0 Å². The molecule has 2 atom stereocenters. The number of hydrogen-bond acceptors (Lipinski definition) is 4. The van der Waals surface area contributed by atoms with E-state index in [9.17, 15) is 5.11 Å². The molecule has 0 saturated carbocycles. The van der Waals surface area contributed by atoms with E-state index in [2.05, 4.69) is 43.3 Å². The van der Waals surface area contributed by atoms with Crippen molar-refractivity contribution in [3.63, 3.8) is 0 Å². The Balaban J connectivity index is 1.99. The number of ether oxygens (including phenoxy) is 2. The molecule has 1 aliphatic heterocycles. The first-order valence-corrected chi connectivity index (χ1v) is 9.84. The van der Waals surface area contributed by atoms with Crippen LogP contribution in [0.25, 0.3) is 0 Å². The lowest BCUT2D eigenvalue weighted by molar-refractivity contribution is -0.0835. The van der Waals surface area contributed by atoms with Gasteiger partial charge in [0.25, 0.3) is 0 Å². The van der Waals surface area contributed by atoms with Gasteiger partial charge >= 0.3 is 0 Å². The summed E-state index contributed by atoms with van der Waals surface area (Å²) in [6.07, 6.45) is 2.53. The fourth-order valence-electron chi connectivity index (χ4n) is 3.58. The molecule has 152 valence electrons. The van der Waals surface area contributed by atoms with Gasteiger partial charge in [-0.3, -0.25) is 0 Å². The maximum atomic E-state index is 9.92. The minimum absolute atomic E-state index is 0.128. The van der Waals surface area contributed by atoms with Crippen molar-refractivity contribution in [1.82, 2.24) is 10.6 Å². The number of phenolic OH excluding ortho intramolecular Hbond substituents is 1. The number of guanidine groups is 1. The molecular weight excluding hydrogens is 342 g/mol. The Labute approximate surface area is 163 Å². The molecule has 0 aliphatic carbocycles. The normalized spacial score (nSPS) is 21.0.